The Bertz CT molecular complexity index is 1120. The van der Waals surface area contributed by atoms with Gasteiger partial charge >= 0.3 is 0 Å². The molecule has 1 aromatic carbocycles. The largest absolute Gasteiger partial charge is 0.370 e. The van der Waals surface area contributed by atoms with Gasteiger partial charge in [-0.1, -0.05) is 42.1 Å². The number of benzene rings is 1. The number of aromatic nitrogens is 4. The van der Waals surface area contributed by atoms with E-state index in [0.29, 0.717) is 6.61 Å². The number of hydrogen-bond donors (Lipinski definition) is 0. The lowest BCUT2D eigenvalue weighted by molar-refractivity contribution is -0.0379. The van der Waals surface area contributed by atoms with E-state index in [2.05, 4.69) is 48.3 Å². The second-order valence-electron chi connectivity index (χ2n) is 7.41. The Morgan fingerprint density at radius 3 is 2.93 bits per heavy atom. The van der Waals surface area contributed by atoms with Crippen molar-refractivity contribution in [1.29, 1.82) is 0 Å². The Morgan fingerprint density at radius 2 is 2.07 bits per heavy atom. The lowest BCUT2D eigenvalue weighted by Crippen LogP contribution is -2.31. The van der Waals surface area contributed by atoms with Crippen molar-refractivity contribution < 1.29 is 4.74 Å². The molecule has 5 rings (SSSR count). The van der Waals surface area contributed by atoms with Gasteiger partial charge in [-0.05, 0) is 31.4 Å². The van der Waals surface area contributed by atoms with Crippen molar-refractivity contribution in [3.63, 3.8) is 0 Å². The van der Waals surface area contributed by atoms with Crippen LogP contribution in [0.2, 0.25) is 0 Å². The molecule has 27 heavy (non-hydrogen) atoms. The van der Waals surface area contributed by atoms with Crippen LogP contribution in [0.1, 0.15) is 29.9 Å². The van der Waals surface area contributed by atoms with Gasteiger partial charge in [-0.15, -0.1) is 21.5 Å². The molecule has 0 amide bonds. The Balaban J connectivity index is 1.48. The first kappa shape index (κ1) is 17.2. The molecule has 0 N–H and O–H groups in total. The van der Waals surface area contributed by atoms with Gasteiger partial charge in [0.05, 0.1) is 17.6 Å². The highest BCUT2D eigenvalue weighted by molar-refractivity contribution is 7.99. The maximum absolute atomic E-state index is 5.97. The van der Waals surface area contributed by atoms with Gasteiger partial charge in [0.15, 0.2) is 10.8 Å². The van der Waals surface area contributed by atoms with E-state index < -0.39 is 0 Å². The quantitative estimate of drug-likeness (QED) is 0.475. The van der Waals surface area contributed by atoms with E-state index in [1.54, 1.807) is 23.1 Å². The first-order chi connectivity index (χ1) is 13.1. The summed E-state index contributed by atoms with van der Waals surface area (Å²) < 4.78 is 8.00. The number of fused-ring (bicyclic) bond motifs is 5. The van der Waals surface area contributed by atoms with Crippen molar-refractivity contribution in [3.8, 4) is 0 Å². The lowest BCUT2D eigenvalue weighted by Gasteiger charge is -2.30. The number of hydrogen-bond acceptors (Lipinski definition) is 6. The molecule has 0 unspecified atom stereocenters. The molecule has 4 aromatic rings. The summed E-state index contributed by atoms with van der Waals surface area (Å²) in [6.07, 6.45) is 3.75. The second-order valence-corrected chi connectivity index (χ2v) is 9.56. The molecular formula is C20H20N4OS2. The number of aryl methyl sites for hydroxylation is 1. The summed E-state index contributed by atoms with van der Waals surface area (Å²) in [7, 11) is 0. The fraction of sp³-hybridized carbons (Fsp3) is 0.350. The van der Waals surface area contributed by atoms with Gasteiger partial charge < -0.3 is 4.74 Å². The fourth-order valence-corrected chi connectivity index (χ4v) is 5.48. The van der Waals surface area contributed by atoms with Gasteiger partial charge in [-0.3, -0.25) is 4.40 Å². The summed E-state index contributed by atoms with van der Waals surface area (Å²) in [6, 6.07) is 10.5. The Hall–Kier alpha value is -1.96. The molecule has 7 heteroatoms. The summed E-state index contributed by atoms with van der Waals surface area (Å²) >= 11 is 3.44. The number of thioether (sulfide) groups is 1. The molecule has 1 aliphatic heterocycles. The van der Waals surface area contributed by atoms with E-state index in [-0.39, 0.29) is 5.60 Å². The zero-order chi connectivity index (χ0) is 18.4. The molecule has 0 aliphatic carbocycles. The summed E-state index contributed by atoms with van der Waals surface area (Å²) in [4.78, 5) is 6.99. The molecule has 5 nitrogen and oxygen atoms in total. The van der Waals surface area contributed by atoms with Crippen LogP contribution in [-0.2, 0) is 24.2 Å². The Morgan fingerprint density at radius 1 is 1.22 bits per heavy atom. The van der Waals surface area contributed by atoms with Gasteiger partial charge in [0.1, 0.15) is 11.2 Å². The van der Waals surface area contributed by atoms with Crippen LogP contribution in [0.15, 0.2) is 41.8 Å². The summed E-state index contributed by atoms with van der Waals surface area (Å²) in [5, 5.41) is 11.0. The average Bonchev–Trinajstić information content (AvgIpc) is 3.22. The molecule has 0 saturated carbocycles. The van der Waals surface area contributed by atoms with Gasteiger partial charge in [0, 0.05) is 17.1 Å². The van der Waals surface area contributed by atoms with Crippen molar-refractivity contribution in [2.75, 3.05) is 5.75 Å². The van der Waals surface area contributed by atoms with Crippen LogP contribution in [-0.4, -0.2) is 30.9 Å². The number of ether oxygens (including phenoxy) is 1. The van der Waals surface area contributed by atoms with E-state index in [9.17, 15) is 0 Å². The van der Waals surface area contributed by atoms with Crippen LogP contribution in [0.3, 0.4) is 0 Å². The maximum Gasteiger partial charge on any atom is 0.196 e. The van der Waals surface area contributed by atoms with E-state index in [0.717, 1.165) is 39.6 Å². The van der Waals surface area contributed by atoms with Gasteiger partial charge in [0.25, 0.3) is 0 Å². The van der Waals surface area contributed by atoms with Gasteiger partial charge in [0.2, 0.25) is 0 Å². The van der Waals surface area contributed by atoms with Gasteiger partial charge in [-0.25, -0.2) is 4.98 Å². The molecular weight excluding hydrogens is 376 g/mol. The van der Waals surface area contributed by atoms with E-state index >= 15 is 0 Å². The molecule has 0 saturated heterocycles. The normalized spacial score (nSPS) is 16.1. The van der Waals surface area contributed by atoms with Crippen LogP contribution in [0.5, 0.6) is 0 Å². The smallest absolute Gasteiger partial charge is 0.196 e. The van der Waals surface area contributed by atoms with E-state index in [1.165, 1.54) is 16.0 Å². The van der Waals surface area contributed by atoms with Gasteiger partial charge in [-0.2, -0.15) is 0 Å². The maximum atomic E-state index is 5.97. The first-order valence-corrected chi connectivity index (χ1v) is 10.9. The van der Waals surface area contributed by atoms with Crippen molar-refractivity contribution in [2.24, 2.45) is 0 Å². The molecule has 3 aromatic heterocycles. The summed E-state index contributed by atoms with van der Waals surface area (Å²) in [5.74, 6) is 0.964. The van der Waals surface area contributed by atoms with E-state index in [4.69, 9.17) is 9.72 Å². The predicted octanol–water partition coefficient (Wildman–Crippen LogP) is 4.53. The fourth-order valence-electron chi connectivity index (χ4n) is 3.53. The standard InChI is InChI=1S/C20H20N4OS2/c1-20(2)10-14-15(11-25-20)27-18-16(14)17-22-23-19(24(17)12-21-18)26-9-8-13-6-4-3-5-7-13/h3-7,12H,8-11H2,1-2H3. The molecule has 0 fully saturated rings. The van der Waals surface area contributed by atoms with Crippen LogP contribution >= 0.6 is 23.1 Å². The van der Waals surface area contributed by atoms with Crippen molar-refractivity contribution in [2.45, 2.75) is 44.1 Å². The zero-order valence-electron chi connectivity index (χ0n) is 15.3. The predicted molar refractivity (Wildman–Crippen MR) is 110 cm³/mol. The molecule has 0 spiro atoms. The minimum Gasteiger partial charge on any atom is -0.370 e. The monoisotopic (exact) mass is 396 g/mol. The minimum atomic E-state index is -0.152. The molecule has 0 atom stereocenters. The highest BCUT2D eigenvalue weighted by Crippen LogP contribution is 2.39. The van der Waals surface area contributed by atoms with Crippen molar-refractivity contribution in [1.82, 2.24) is 19.6 Å². The van der Waals surface area contributed by atoms with E-state index in [1.807, 2.05) is 16.8 Å². The zero-order valence-corrected chi connectivity index (χ0v) is 16.9. The molecule has 4 heterocycles. The third-order valence-electron chi connectivity index (χ3n) is 4.91. The molecule has 1 aliphatic rings. The first-order valence-electron chi connectivity index (χ1n) is 9.05. The third-order valence-corrected chi connectivity index (χ3v) is 6.97. The third kappa shape index (κ3) is 3.13. The Labute approximate surface area is 165 Å². The van der Waals surface area contributed by atoms with Crippen LogP contribution < -0.4 is 0 Å². The van der Waals surface area contributed by atoms with Crippen LogP contribution in [0.25, 0.3) is 15.9 Å². The Kier molecular flexibility index (Phi) is 4.18. The van der Waals surface area contributed by atoms with Crippen LogP contribution in [0.4, 0.5) is 0 Å². The molecule has 0 bridgehead atoms. The van der Waals surface area contributed by atoms with Crippen molar-refractivity contribution in [3.05, 3.63) is 52.7 Å². The number of rotatable bonds is 4. The van der Waals surface area contributed by atoms with Crippen LogP contribution in [0, 0.1) is 0 Å². The second kappa shape index (κ2) is 6.58. The highest BCUT2D eigenvalue weighted by atomic mass is 32.2. The molecule has 138 valence electrons. The number of nitrogens with zero attached hydrogens (tertiary/aromatic N) is 4. The summed E-state index contributed by atoms with van der Waals surface area (Å²) in [5.41, 5.74) is 3.43. The number of thiophene rings is 1. The average molecular weight is 397 g/mol. The van der Waals surface area contributed by atoms with Crippen molar-refractivity contribution >= 4 is 39.0 Å². The minimum absolute atomic E-state index is 0.152. The topological polar surface area (TPSA) is 52.3 Å². The SMILES string of the molecule is CC1(C)Cc2c(sc3ncn4c(SCCc5ccccc5)nnc4c23)CO1. The lowest BCUT2D eigenvalue weighted by atomic mass is 9.94. The molecule has 0 radical (unpaired) electrons. The highest BCUT2D eigenvalue weighted by Gasteiger charge is 2.30. The summed E-state index contributed by atoms with van der Waals surface area (Å²) in [6.45, 7) is 4.94.